The van der Waals surface area contributed by atoms with Crippen LogP contribution in [0.15, 0.2) is 41.5 Å². The van der Waals surface area contributed by atoms with Crippen LogP contribution in [-0.2, 0) is 4.74 Å². The second-order valence-corrected chi connectivity index (χ2v) is 6.66. The number of morpholine rings is 1. The van der Waals surface area contributed by atoms with Crippen LogP contribution in [0.1, 0.15) is 12.0 Å². The standard InChI is InChI=1S/C19H18ClF2N3O/c20-15-12-13(24-8-10-26-11-9-24)4-5-14(15)18-6-7-25(23-18)19-16(21)2-1-3-17(19)22/h1-5,12H,6-11H2. The van der Waals surface area contributed by atoms with E-state index >= 15 is 0 Å². The van der Waals surface area contributed by atoms with Crippen LogP contribution in [0.4, 0.5) is 20.2 Å². The lowest BCUT2D eigenvalue weighted by Crippen LogP contribution is -2.36. The van der Waals surface area contributed by atoms with Gasteiger partial charge < -0.3 is 9.64 Å². The monoisotopic (exact) mass is 377 g/mol. The molecule has 4 nitrogen and oxygen atoms in total. The van der Waals surface area contributed by atoms with Crippen molar-refractivity contribution in [1.29, 1.82) is 0 Å². The van der Waals surface area contributed by atoms with Crippen molar-refractivity contribution in [2.75, 3.05) is 42.8 Å². The lowest BCUT2D eigenvalue weighted by atomic mass is 10.1. The van der Waals surface area contributed by atoms with E-state index in [-0.39, 0.29) is 5.69 Å². The van der Waals surface area contributed by atoms with E-state index in [1.165, 1.54) is 23.2 Å². The van der Waals surface area contributed by atoms with Crippen LogP contribution in [0.2, 0.25) is 5.02 Å². The number of para-hydroxylation sites is 1. The van der Waals surface area contributed by atoms with Gasteiger partial charge in [-0.2, -0.15) is 5.10 Å². The fourth-order valence-electron chi connectivity index (χ4n) is 3.30. The number of hydrazone groups is 1. The SMILES string of the molecule is Fc1cccc(F)c1N1CCC(c2ccc(N3CCOCC3)cc2Cl)=N1. The van der Waals surface area contributed by atoms with E-state index in [2.05, 4.69) is 10.0 Å². The molecular weight excluding hydrogens is 360 g/mol. The first kappa shape index (κ1) is 17.2. The molecule has 2 aliphatic heterocycles. The van der Waals surface area contributed by atoms with Crippen molar-refractivity contribution in [1.82, 2.24) is 0 Å². The fourth-order valence-corrected chi connectivity index (χ4v) is 3.58. The third-order valence-corrected chi connectivity index (χ3v) is 4.95. The molecule has 0 aromatic heterocycles. The highest BCUT2D eigenvalue weighted by atomic mass is 35.5. The summed E-state index contributed by atoms with van der Waals surface area (Å²) in [6, 6.07) is 9.65. The first-order chi connectivity index (χ1) is 12.6. The van der Waals surface area contributed by atoms with Gasteiger partial charge in [0.1, 0.15) is 5.69 Å². The van der Waals surface area contributed by atoms with Gasteiger partial charge in [0.15, 0.2) is 11.6 Å². The molecule has 1 fully saturated rings. The minimum atomic E-state index is -0.622. The van der Waals surface area contributed by atoms with Gasteiger partial charge >= 0.3 is 0 Å². The molecule has 0 N–H and O–H groups in total. The Kier molecular flexibility index (Phi) is 4.78. The quantitative estimate of drug-likeness (QED) is 0.807. The van der Waals surface area contributed by atoms with Crippen LogP contribution in [0.3, 0.4) is 0 Å². The third kappa shape index (κ3) is 3.27. The number of hydrogen-bond donors (Lipinski definition) is 0. The summed E-state index contributed by atoms with van der Waals surface area (Å²) in [4.78, 5) is 2.22. The van der Waals surface area contributed by atoms with E-state index in [9.17, 15) is 8.78 Å². The van der Waals surface area contributed by atoms with E-state index in [4.69, 9.17) is 16.3 Å². The van der Waals surface area contributed by atoms with Crippen LogP contribution in [0.25, 0.3) is 0 Å². The van der Waals surface area contributed by atoms with E-state index in [0.717, 1.165) is 30.1 Å². The zero-order chi connectivity index (χ0) is 18.1. The van der Waals surface area contributed by atoms with Gasteiger partial charge in [0, 0.05) is 37.3 Å². The second kappa shape index (κ2) is 7.21. The summed E-state index contributed by atoms with van der Waals surface area (Å²) < 4.78 is 33.3. The summed E-state index contributed by atoms with van der Waals surface area (Å²) >= 11 is 6.48. The number of benzene rings is 2. The Morgan fingerprint density at radius 3 is 2.42 bits per heavy atom. The number of rotatable bonds is 3. The Balaban J connectivity index is 1.60. The molecule has 2 aromatic rings. The average Bonchev–Trinajstić information content (AvgIpc) is 3.11. The predicted octanol–water partition coefficient (Wildman–Crippen LogP) is 4.07. The van der Waals surface area contributed by atoms with Gasteiger partial charge in [0.2, 0.25) is 0 Å². The van der Waals surface area contributed by atoms with Crippen molar-refractivity contribution in [3.8, 4) is 0 Å². The number of halogens is 3. The number of ether oxygens (including phenoxy) is 1. The fraction of sp³-hybridized carbons (Fsp3) is 0.316. The molecule has 0 spiro atoms. The molecule has 2 heterocycles. The predicted molar refractivity (Wildman–Crippen MR) is 99.3 cm³/mol. The summed E-state index contributed by atoms with van der Waals surface area (Å²) in [5.74, 6) is -1.24. The maximum atomic E-state index is 14.0. The zero-order valence-electron chi connectivity index (χ0n) is 14.1. The van der Waals surface area contributed by atoms with Crippen molar-refractivity contribution in [2.24, 2.45) is 5.10 Å². The third-order valence-electron chi connectivity index (χ3n) is 4.64. The summed E-state index contributed by atoms with van der Waals surface area (Å²) in [6.45, 7) is 3.48. The van der Waals surface area contributed by atoms with Crippen LogP contribution in [0.5, 0.6) is 0 Å². The van der Waals surface area contributed by atoms with Crippen molar-refractivity contribution < 1.29 is 13.5 Å². The normalized spacial score (nSPS) is 17.6. The van der Waals surface area contributed by atoms with E-state index in [1.54, 1.807) is 0 Å². The van der Waals surface area contributed by atoms with Crippen molar-refractivity contribution in [3.63, 3.8) is 0 Å². The average molecular weight is 378 g/mol. The lowest BCUT2D eigenvalue weighted by molar-refractivity contribution is 0.122. The van der Waals surface area contributed by atoms with E-state index < -0.39 is 11.6 Å². The Bertz CT molecular complexity index is 832. The molecule has 1 saturated heterocycles. The molecule has 0 aliphatic carbocycles. The largest absolute Gasteiger partial charge is 0.378 e. The molecule has 0 saturated carbocycles. The van der Waals surface area contributed by atoms with Gasteiger partial charge in [-0.1, -0.05) is 17.7 Å². The van der Waals surface area contributed by atoms with Gasteiger partial charge in [-0.25, -0.2) is 8.78 Å². The van der Waals surface area contributed by atoms with Crippen molar-refractivity contribution >= 4 is 28.7 Å². The van der Waals surface area contributed by atoms with Gasteiger partial charge in [-0.3, -0.25) is 5.01 Å². The smallest absolute Gasteiger partial charge is 0.151 e. The van der Waals surface area contributed by atoms with Crippen LogP contribution in [-0.4, -0.2) is 38.6 Å². The molecule has 0 amide bonds. The zero-order valence-corrected chi connectivity index (χ0v) is 14.8. The second-order valence-electron chi connectivity index (χ2n) is 6.25. The van der Waals surface area contributed by atoms with Crippen molar-refractivity contribution in [2.45, 2.75) is 6.42 Å². The van der Waals surface area contributed by atoms with Crippen molar-refractivity contribution in [3.05, 3.63) is 58.6 Å². The molecule has 4 rings (SSSR count). The van der Waals surface area contributed by atoms with Crippen LogP contribution < -0.4 is 9.91 Å². The number of nitrogens with zero attached hydrogens (tertiary/aromatic N) is 3. The highest BCUT2D eigenvalue weighted by Gasteiger charge is 2.24. The summed E-state index contributed by atoms with van der Waals surface area (Å²) in [6.07, 6.45) is 0.574. The topological polar surface area (TPSA) is 28.1 Å². The van der Waals surface area contributed by atoms with Gasteiger partial charge in [-0.05, 0) is 30.3 Å². The highest BCUT2D eigenvalue weighted by molar-refractivity contribution is 6.34. The first-order valence-corrected chi connectivity index (χ1v) is 8.93. The molecule has 0 atom stereocenters. The molecule has 2 aliphatic rings. The van der Waals surface area contributed by atoms with Crippen LogP contribution in [0, 0.1) is 11.6 Å². The van der Waals surface area contributed by atoms with Gasteiger partial charge in [0.05, 0.1) is 23.9 Å². The Morgan fingerprint density at radius 2 is 1.73 bits per heavy atom. The number of anilines is 2. The molecule has 0 radical (unpaired) electrons. The molecule has 2 aromatic carbocycles. The first-order valence-electron chi connectivity index (χ1n) is 8.55. The van der Waals surface area contributed by atoms with E-state index in [1.807, 2.05) is 18.2 Å². The maximum Gasteiger partial charge on any atom is 0.151 e. The molecule has 26 heavy (non-hydrogen) atoms. The van der Waals surface area contributed by atoms with Gasteiger partial charge in [-0.15, -0.1) is 0 Å². The maximum absolute atomic E-state index is 14.0. The molecule has 0 unspecified atom stereocenters. The Labute approximate surface area is 155 Å². The Morgan fingerprint density at radius 1 is 1.00 bits per heavy atom. The molecular formula is C19H18ClF2N3O. The highest BCUT2D eigenvalue weighted by Crippen LogP contribution is 2.31. The minimum Gasteiger partial charge on any atom is -0.378 e. The minimum absolute atomic E-state index is 0.122. The molecule has 0 bridgehead atoms. The summed E-state index contributed by atoms with van der Waals surface area (Å²) in [7, 11) is 0. The Hall–Kier alpha value is -2.18. The molecule has 7 heteroatoms. The lowest BCUT2D eigenvalue weighted by Gasteiger charge is -2.29. The van der Waals surface area contributed by atoms with E-state index in [0.29, 0.717) is 31.2 Å². The summed E-state index contributed by atoms with van der Waals surface area (Å²) in [5, 5.41) is 6.36. The summed E-state index contributed by atoms with van der Waals surface area (Å²) in [5.41, 5.74) is 2.44. The van der Waals surface area contributed by atoms with Gasteiger partial charge in [0.25, 0.3) is 0 Å². The number of hydrogen-bond acceptors (Lipinski definition) is 4. The van der Waals surface area contributed by atoms with Crippen LogP contribution >= 0.6 is 11.6 Å². The molecule has 136 valence electrons.